The average Bonchev–Trinajstić information content (AvgIpc) is 3.47. The molecule has 0 bridgehead atoms. The van der Waals surface area contributed by atoms with Gasteiger partial charge >= 0.3 is 5.97 Å². The smallest absolute Gasteiger partial charge is 0.338 e. The maximum Gasteiger partial charge on any atom is 0.338 e. The van der Waals surface area contributed by atoms with E-state index in [1.165, 1.54) is 5.56 Å². The first-order valence-corrected chi connectivity index (χ1v) is 13.4. The molecule has 1 N–H and O–H groups in total. The Balaban J connectivity index is 1.37. The van der Waals surface area contributed by atoms with E-state index in [1.54, 1.807) is 19.1 Å². The summed E-state index contributed by atoms with van der Waals surface area (Å²) in [6.07, 6.45) is 4.37. The number of hydrogen-bond acceptors (Lipinski definition) is 4. The largest absolute Gasteiger partial charge is 0.462 e. The Bertz CT molecular complexity index is 1250. The number of anilines is 1. The van der Waals surface area contributed by atoms with Gasteiger partial charge in [0.1, 0.15) is 0 Å². The van der Waals surface area contributed by atoms with Crippen LogP contribution in [0.4, 0.5) is 5.69 Å². The molecule has 0 atom stereocenters. The molecular weight excluding hydrogens is 476 g/mol. The van der Waals surface area contributed by atoms with E-state index in [2.05, 4.69) is 30.4 Å². The molecule has 1 aliphatic carbocycles. The molecule has 0 radical (unpaired) electrons. The number of hydrogen-bond donors (Lipinski definition) is 1. The van der Waals surface area contributed by atoms with Gasteiger partial charge < -0.3 is 15.0 Å². The first-order valence-electron chi connectivity index (χ1n) is 13.4. The van der Waals surface area contributed by atoms with Gasteiger partial charge in [-0.3, -0.25) is 9.59 Å². The molecule has 1 aliphatic rings. The summed E-state index contributed by atoms with van der Waals surface area (Å²) < 4.78 is 5.00. The van der Waals surface area contributed by atoms with Crippen molar-refractivity contribution >= 4 is 23.5 Å². The highest BCUT2D eigenvalue weighted by Crippen LogP contribution is 2.30. The number of esters is 1. The fraction of sp³-hybridized carbons (Fsp3) is 0.344. The van der Waals surface area contributed by atoms with Gasteiger partial charge in [0, 0.05) is 18.2 Å². The number of carbonyl (C=O) groups is 3. The van der Waals surface area contributed by atoms with E-state index in [0.29, 0.717) is 25.3 Å². The van der Waals surface area contributed by atoms with Crippen molar-refractivity contribution in [2.75, 3.05) is 11.5 Å². The molecule has 0 spiro atoms. The highest BCUT2D eigenvalue weighted by Gasteiger charge is 2.28. The van der Waals surface area contributed by atoms with Gasteiger partial charge in [0.25, 0.3) is 0 Å². The topological polar surface area (TPSA) is 75.7 Å². The molecule has 0 aliphatic heterocycles. The summed E-state index contributed by atoms with van der Waals surface area (Å²) in [4.78, 5) is 39.7. The zero-order valence-corrected chi connectivity index (χ0v) is 22.2. The van der Waals surface area contributed by atoms with Crippen LogP contribution in [0.1, 0.15) is 65.2 Å². The maximum atomic E-state index is 13.4. The minimum Gasteiger partial charge on any atom is -0.462 e. The molecule has 198 valence electrons. The van der Waals surface area contributed by atoms with Crippen LogP contribution < -0.4 is 10.2 Å². The number of ether oxygens (including phenoxy) is 1. The lowest BCUT2D eigenvalue weighted by atomic mass is 10.0. The van der Waals surface area contributed by atoms with Crippen molar-refractivity contribution < 1.29 is 19.1 Å². The molecule has 1 fully saturated rings. The summed E-state index contributed by atoms with van der Waals surface area (Å²) in [5, 5.41) is 2.93. The van der Waals surface area contributed by atoms with Crippen LogP contribution in [0.2, 0.25) is 0 Å². The van der Waals surface area contributed by atoms with Crippen molar-refractivity contribution in [2.45, 2.75) is 59.0 Å². The van der Waals surface area contributed by atoms with E-state index in [1.807, 2.05) is 47.4 Å². The molecule has 3 aromatic rings. The molecule has 3 aromatic carbocycles. The van der Waals surface area contributed by atoms with Gasteiger partial charge in [0.2, 0.25) is 11.8 Å². The number of carbonyl (C=O) groups excluding carboxylic acids is 3. The predicted molar refractivity (Wildman–Crippen MR) is 149 cm³/mol. The molecule has 1 saturated carbocycles. The second kappa shape index (κ2) is 13.0. The second-order valence-corrected chi connectivity index (χ2v) is 9.93. The lowest BCUT2D eigenvalue weighted by Crippen LogP contribution is -2.35. The van der Waals surface area contributed by atoms with Crippen LogP contribution in [-0.4, -0.2) is 24.4 Å². The third-order valence-electron chi connectivity index (χ3n) is 6.96. The van der Waals surface area contributed by atoms with Gasteiger partial charge in [-0.25, -0.2) is 4.79 Å². The molecule has 4 rings (SSSR count). The van der Waals surface area contributed by atoms with E-state index < -0.39 is 0 Å². The van der Waals surface area contributed by atoms with E-state index in [9.17, 15) is 14.4 Å². The SMILES string of the molecule is CCOC(=O)c1ccc(CNC(=O)Cc2ccc(N(Cc3cccc(C)c3)C(=O)C3CCCC3)cc2)cc1. The summed E-state index contributed by atoms with van der Waals surface area (Å²) in [5.74, 6) is -0.181. The van der Waals surface area contributed by atoms with Crippen molar-refractivity contribution in [1.82, 2.24) is 5.32 Å². The average molecular weight is 513 g/mol. The van der Waals surface area contributed by atoms with Gasteiger partial charge in [-0.15, -0.1) is 0 Å². The molecule has 6 heteroatoms. The lowest BCUT2D eigenvalue weighted by Gasteiger charge is -2.26. The Labute approximate surface area is 225 Å². The summed E-state index contributed by atoms with van der Waals surface area (Å²) in [6, 6.07) is 23.0. The number of amides is 2. The van der Waals surface area contributed by atoms with Gasteiger partial charge in [-0.1, -0.05) is 66.9 Å². The molecule has 0 aromatic heterocycles. The number of nitrogens with one attached hydrogen (secondary N) is 1. The zero-order valence-electron chi connectivity index (χ0n) is 22.2. The van der Waals surface area contributed by atoms with Crippen LogP contribution >= 0.6 is 0 Å². The van der Waals surface area contributed by atoms with Gasteiger partial charge in [-0.05, 0) is 67.6 Å². The van der Waals surface area contributed by atoms with Gasteiger partial charge in [0.15, 0.2) is 0 Å². The van der Waals surface area contributed by atoms with E-state index in [-0.39, 0.29) is 30.1 Å². The van der Waals surface area contributed by atoms with Crippen molar-refractivity contribution in [2.24, 2.45) is 5.92 Å². The summed E-state index contributed by atoms with van der Waals surface area (Å²) in [5.41, 5.74) is 5.41. The molecule has 2 amide bonds. The molecule has 0 unspecified atom stereocenters. The minimum atomic E-state index is -0.353. The van der Waals surface area contributed by atoms with Crippen LogP contribution in [0.5, 0.6) is 0 Å². The number of rotatable bonds is 10. The quantitative estimate of drug-likeness (QED) is 0.351. The normalized spacial score (nSPS) is 13.2. The summed E-state index contributed by atoms with van der Waals surface area (Å²) in [7, 11) is 0. The summed E-state index contributed by atoms with van der Waals surface area (Å²) >= 11 is 0. The second-order valence-electron chi connectivity index (χ2n) is 9.93. The van der Waals surface area contributed by atoms with Gasteiger partial charge in [-0.2, -0.15) is 0 Å². The highest BCUT2D eigenvalue weighted by molar-refractivity contribution is 5.95. The van der Waals surface area contributed by atoms with E-state index in [0.717, 1.165) is 48.1 Å². The summed E-state index contributed by atoms with van der Waals surface area (Å²) in [6.45, 7) is 5.07. The number of nitrogens with zero attached hydrogens (tertiary/aromatic N) is 1. The third-order valence-corrected chi connectivity index (χ3v) is 6.96. The van der Waals surface area contributed by atoms with Crippen molar-refractivity contribution in [3.05, 3.63) is 101 Å². The van der Waals surface area contributed by atoms with Crippen LogP contribution in [0.15, 0.2) is 72.8 Å². The van der Waals surface area contributed by atoms with Crippen molar-refractivity contribution in [3.8, 4) is 0 Å². The molecule has 38 heavy (non-hydrogen) atoms. The Morgan fingerprint density at radius 1 is 0.895 bits per heavy atom. The molecule has 6 nitrogen and oxygen atoms in total. The van der Waals surface area contributed by atoms with E-state index >= 15 is 0 Å². The Kier molecular flexibility index (Phi) is 9.30. The van der Waals surface area contributed by atoms with E-state index in [4.69, 9.17) is 4.74 Å². The standard InChI is InChI=1S/C32H36N2O4/c1-3-38-32(37)28-15-11-25(12-16-28)21-33-30(35)20-24-13-17-29(18-14-24)34(31(36)27-9-4-5-10-27)22-26-8-6-7-23(2)19-26/h6-8,11-19,27H,3-5,9-10,20-22H2,1-2H3,(H,33,35). The first kappa shape index (κ1) is 27.1. The zero-order chi connectivity index (χ0) is 26.9. The van der Waals surface area contributed by atoms with Crippen molar-refractivity contribution in [3.63, 3.8) is 0 Å². The van der Waals surface area contributed by atoms with Crippen LogP contribution in [0.25, 0.3) is 0 Å². The Hall–Kier alpha value is -3.93. The first-order chi connectivity index (χ1) is 18.4. The van der Waals surface area contributed by atoms with Gasteiger partial charge in [0.05, 0.1) is 25.1 Å². The molecule has 0 heterocycles. The Morgan fingerprint density at radius 2 is 1.58 bits per heavy atom. The van der Waals surface area contributed by atoms with Crippen molar-refractivity contribution in [1.29, 1.82) is 0 Å². The number of benzene rings is 3. The predicted octanol–water partition coefficient (Wildman–Crippen LogP) is 5.75. The molecular formula is C32H36N2O4. The fourth-order valence-electron chi connectivity index (χ4n) is 4.90. The van der Waals surface area contributed by atoms with Crippen LogP contribution in [0, 0.1) is 12.8 Å². The Morgan fingerprint density at radius 3 is 2.24 bits per heavy atom. The van der Waals surface area contributed by atoms with Crippen LogP contribution in [0.3, 0.4) is 0 Å². The number of aryl methyl sites for hydroxylation is 1. The third kappa shape index (κ3) is 7.31. The lowest BCUT2D eigenvalue weighted by molar-refractivity contribution is -0.122. The fourth-order valence-corrected chi connectivity index (χ4v) is 4.90. The highest BCUT2D eigenvalue weighted by atomic mass is 16.5. The van der Waals surface area contributed by atoms with Crippen LogP contribution in [-0.2, 0) is 33.8 Å². The molecule has 0 saturated heterocycles. The monoisotopic (exact) mass is 512 g/mol. The maximum absolute atomic E-state index is 13.4. The minimum absolute atomic E-state index is 0.0802.